The second-order valence-corrected chi connectivity index (χ2v) is 7.52. The maximum atomic E-state index is 12.3. The number of nitrogens with zero attached hydrogens (tertiary/aromatic N) is 1. The molecule has 0 saturated carbocycles. The van der Waals surface area contributed by atoms with Crippen LogP contribution in [0.5, 0.6) is 0 Å². The Hall–Kier alpha value is -0.920. The first-order chi connectivity index (χ1) is 8.28. The molecule has 1 heterocycles. The van der Waals surface area contributed by atoms with E-state index in [0.717, 1.165) is 11.3 Å². The van der Waals surface area contributed by atoms with Crippen LogP contribution in [-0.4, -0.2) is 36.9 Å². The summed E-state index contributed by atoms with van der Waals surface area (Å²) in [6.45, 7) is 6.45. The van der Waals surface area contributed by atoms with Gasteiger partial charge in [0.15, 0.2) is 0 Å². The fraction of sp³-hybridized carbons (Fsp3) is 0.545. The minimum Gasteiger partial charge on any atom is -0.477 e. The molecule has 0 spiro atoms. The van der Waals surface area contributed by atoms with Gasteiger partial charge in [-0.15, -0.1) is 11.3 Å². The van der Waals surface area contributed by atoms with Crippen LogP contribution in [0.15, 0.2) is 16.3 Å². The number of hydrogen-bond acceptors (Lipinski definition) is 4. The maximum absolute atomic E-state index is 12.3. The van der Waals surface area contributed by atoms with Crippen LogP contribution in [0.2, 0.25) is 0 Å². The highest BCUT2D eigenvalue weighted by Crippen LogP contribution is 2.25. The highest BCUT2D eigenvalue weighted by atomic mass is 32.2. The van der Waals surface area contributed by atoms with Crippen LogP contribution in [0, 0.1) is 5.92 Å². The number of sulfonamides is 1. The molecule has 1 aromatic heterocycles. The van der Waals surface area contributed by atoms with Gasteiger partial charge in [0.05, 0.1) is 0 Å². The Morgan fingerprint density at radius 1 is 1.44 bits per heavy atom. The van der Waals surface area contributed by atoms with E-state index in [2.05, 4.69) is 0 Å². The quantitative estimate of drug-likeness (QED) is 0.871. The first-order valence-corrected chi connectivity index (χ1v) is 7.88. The molecule has 18 heavy (non-hydrogen) atoms. The zero-order valence-electron chi connectivity index (χ0n) is 10.6. The van der Waals surface area contributed by atoms with Crippen molar-refractivity contribution in [3.05, 3.63) is 17.0 Å². The van der Waals surface area contributed by atoms with E-state index in [4.69, 9.17) is 5.11 Å². The Morgan fingerprint density at radius 2 is 2.06 bits per heavy atom. The number of carboxylic acid groups (broad SMARTS) is 1. The predicted octanol–water partition coefficient (Wildman–Crippen LogP) is 2.11. The van der Waals surface area contributed by atoms with Crippen molar-refractivity contribution in [1.82, 2.24) is 4.31 Å². The van der Waals surface area contributed by atoms with E-state index >= 15 is 0 Å². The molecule has 0 unspecified atom stereocenters. The zero-order chi connectivity index (χ0) is 13.9. The van der Waals surface area contributed by atoms with Gasteiger partial charge in [-0.3, -0.25) is 0 Å². The molecular weight excluding hydrogens is 274 g/mol. The minimum atomic E-state index is -3.57. The van der Waals surface area contributed by atoms with Gasteiger partial charge in [-0.05, 0) is 18.1 Å². The van der Waals surface area contributed by atoms with E-state index in [1.165, 1.54) is 16.4 Å². The van der Waals surface area contributed by atoms with Crippen LogP contribution in [0.4, 0.5) is 0 Å². The van der Waals surface area contributed by atoms with Gasteiger partial charge in [0, 0.05) is 13.1 Å². The summed E-state index contributed by atoms with van der Waals surface area (Å²) in [7, 11) is -3.57. The van der Waals surface area contributed by atoms with E-state index in [9.17, 15) is 13.2 Å². The van der Waals surface area contributed by atoms with Crippen LogP contribution in [0.1, 0.15) is 30.4 Å². The second kappa shape index (κ2) is 5.81. The molecule has 0 bridgehead atoms. The Morgan fingerprint density at radius 3 is 2.44 bits per heavy atom. The second-order valence-electron chi connectivity index (χ2n) is 4.27. The monoisotopic (exact) mass is 291 g/mol. The summed E-state index contributed by atoms with van der Waals surface area (Å²) in [6.07, 6.45) is 0. The van der Waals surface area contributed by atoms with Crippen LogP contribution in [-0.2, 0) is 10.0 Å². The van der Waals surface area contributed by atoms with Gasteiger partial charge < -0.3 is 5.11 Å². The number of thiophene rings is 1. The van der Waals surface area contributed by atoms with Gasteiger partial charge in [0.1, 0.15) is 9.09 Å². The Bertz CT molecular complexity index is 519. The molecule has 7 heteroatoms. The first kappa shape index (κ1) is 15.1. The third kappa shape index (κ3) is 3.30. The smallest absolute Gasteiger partial charge is 0.345 e. The number of rotatable bonds is 6. The summed E-state index contributed by atoms with van der Waals surface area (Å²) in [6, 6.07) is 2.68. The average molecular weight is 291 g/mol. The third-order valence-corrected chi connectivity index (χ3v) is 5.79. The molecular formula is C11H17NO4S2. The molecule has 1 rings (SSSR count). The van der Waals surface area contributed by atoms with Gasteiger partial charge in [0.2, 0.25) is 0 Å². The molecule has 0 amide bonds. The fourth-order valence-electron chi connectivity index (χ4n) is 1.51. The van der Waals surface area contributed by atoms with Crippen molar-refractivity contribution >= 4 is 27.3 Å². The molecule has 0 radical (unpaired) electrons. The molecule has 102 valence electrons. The van der Waals surface area contributed by atoms with Gasteiger partial charge in [-0.25, -0.2) is 13.2 Å². The molecule has 0 atom stereocenters. The highest BCUT2D eigenvalue weighted by Gasteiger charge is 2.26. The molecule has 0 saturated heterocycles. The largest absolute Gasteiger partial charge is 0.477 e. The van der Waals surface area contributed by atoms with Crippen LogP contribution >= 0.6 is 11.3 Å². The Balaban J connectivity index is 3.06. The fourth-order valence-corrected chi connectivity index (χ4v) is 4.42. The molecule has 0 fully saturated rings. The molecule has 0 aliphatic heterocycles. The van der Waals surface area contributed by atoms with E-state index in [0.29, 0.717) is 13.1 Å². The lowest BCUT2D eigenvalue weighted by molar-refractivity contribution is 0.0702. The van der Waals surface area contributed by atoms with Crippen LogP contribution in [0.25, 0.3) is 0 Å². The first-order valence-electron chi connectivity index (χ1n) is 5.62. The van der Waals surface area contributed by atoms with Crippen LogP contribution < -0.4 is 0 Å². The summed E-state index contributed by atoms with van der Waals surface area (Å²) in [4.78, 5) is 10.8. The normalized spacial score (nSPS) is 12.3. The van der Waals surface area contributed by atoms with Gasteiger partial charge in [-0.2, -0.15) is 4.31 Å². The maximum Gasteiger partial charge on any atom is 0.345 e. The summed E-state index contributed by atoms with van der Waals surface area (Å²) < 4.78 is 26.0. The number of carboxylic acids is 1. The minimum absolute atomic E-state index is 0.0363. The van der Waals surface area contributed by atoms with Gasteiger partial charge >= 0.3 is 5.97 Å². The van der Waals surface area contributed by atoms with Crippen LogP contribution in [0.3, 0.4) is 0 Å². The van der Waals surface area contributed by atoms with Crippen molar-refractivity contribution in [2.24, 2.45) is 5.92 Å². The molecule has 5 nitrogen and oxygen atoms in total. The lowest BCUT2D eigenvalue weighted by Gasteiger charge is -2.21. The van der Waals surface area contributed by atoms with Crippen molar-refractivity contribution in [2.45, 2.75) is 25.0 Å². The third-order valence-electron chi connectivity index (χ3n) is 2.31. The number of aromatic carboxylic acids is 1. The SMILES string of the molecule is CCN(CC(C)C)S(=O)(=O)c1ccc(C(=O)O)s1. The predicted molar refractivity (Wildman–Crippen MR) is 70.5 cm³/mol. The van der Waals surface area contributed by atoms with Crippen molar-refractivity contribution in [3.63, 3.8) is 0 Å². The highest BCUT2D eigenvalue weighted by molar-refractivity contribution is 7.91. The standard InChI is InChI=1S/C11H17NO4S2/c1-4-12(7-8(2)3)18(15,16)10-6-5-9(17-10)11(13)14/h5-6,8H,4,7H2,1-3H3,(H,13,14). The molecule has 1 N–H and O–H groups in total. The number of hydrogen-bond donors (Lipinski definition) is 1. The Labute approximate surface area is 111 Å². The molecule has 0 aromatic carbocycles. The summed E-state index contributed by atoms with van der Waals surface area (Å²) in [5.41, 5.74) is 0. The van der Waals surface area contributed by atoms with Crippen molar-refractivity contribution in [3.8, 4) is 0 Å². The van der Waals surface area contributed by atoms with Crippen molar-refractivity contribution in [1.29, 1.82) is 0 Å². The summed E-state index contributed by atoms with van der Waals surface area (Å²) >= 11 is 0.790. The van der Waals surface area contributed by atoms with Crippen molar-refractivity contribution in [2.75, 3.05) is 13.1 Å². The number of carbonyl (C=O) groups is 1. The van der Waals surface area contributed by atoms with E-state index in [-0.39, 0.29) is 15.0 Å². The topological polar surface area (TPSA) is 74.7 Å². The molecule has 1 aromatic rings. The van der Waals surface area contributed by atoms with Gasteiger partial charge in [0.25, 0.3) is 10.0 Å². The van der Waals surface area contributed by atoms with E-state index < -0.39 is 16.0 Å². The van der Waals surface area contributed by atoms with Gasteiger partial charge in [-0.1, -0.05) is 20.8 Å². The molecule has 0 aliphatic carbocycles. The Kier molecular flexibility index (Phi) is 4.89. The lowest BCUT2D eigenvalue weighted by Crippen LogP contribution is -2.33. The zero-order valence-corrected chi connectivity index (χ0v) is 12.2. The summed E-state index contributed by atoms with van der Waals surface area (Å²) in [5, 5.41) is 8.81. The lowest BCUT2D eigenvalue weighted by atomic mass is 10.2. The molecule has 0 aliphatic rings. The van der Waals surface area contributed by atoms with E-state index in [1.54, 1.807) is 6.92 Å². The average Bonchev–Trinajstić information content (AvgIpc) is 2.75. The van der Waals surface area contributed by atoms with Crippen molar-refractivity contribution < 1.29 is 18.3 Å². The van der Waals surface area contributed by atoms with E-state index in [1.807, 2.05) is 13.8 Å². The summed E-state index contributed by atoms with van der Waals surface area (Å²) in [5.74, 6) is -0.882.